The number of hydrogen-bond donors (Lipinski definition) is 1. The topological polar surface area (TPSA) is 65.9 Å². The van der Waals surface area contributed by atoms with Crippen LogP contribution in [0.4, 0.5) is 0 Å². The first-order chi connectivity index (χ1) is 12.6. The number of nitriles is 1. The van der Waals surface area contributed by atoms with Gasteiger partial charge in [0, 0.05) is 17.5 Å². The van der Waals surface area contributed by atoms with Gasteiger partial charge in [-0.3, -0.25) is 4.79 Å². The standard InChI is InChI=1S/C22H22N2O2/c1-3-16-13-17-9-10-18(14-20(17)24-21(16)25)22(2,15-23)11-12-26-19-7-5-4-6-8-19/h4-10,13-14H,3,11-12H2,1-2H3,(H,24,25). The molecule has 0 aliphatic carbocycles. The molecule has 1 heterocycles. The van der Waals surface area contributed by atoms with Crippen LogP contribution >= 0.6 is 0 Å². The Hall–Kier alpha value is -3.06. The number of para-hydroxylation sites is 1. The lowest BCUT2D eigenvalue weighted by Gasteiger charge is -2.22. The van der Waals surface area contributed by atoms with Crippen LogP contribution in [0, 0.1) is 11.3 Å². The van der Waals surface area contributed by atoms with E-state index in [2.05, 4.69) is 11.1 Å². The minimum absolute atomic E-state index is 0.0665. The molecule has 0 saturated heterocycles. The van der Waals surface area contributed by atoms with Crippen molar-refractivity contribution < 1.29 is 4.74 Å². The third kappa shape index (κ3) is 3.62. The highest BCUT2D eigenvalue weighted by molar-refractivity contribution is 5.80. The lowest BCUT2D eigenvalue weighted by Crippen LogP contribution is -2.23. The van der Waals surface area contributed by atoms with E-state index < -0.39 is 5.41 Å². The maximum absolute atomic E-state index is 12.1. The van der Waals surface area contributed by atoms with E-state index in [1.807, 2.05) is 68.4 Å². The number of nitrogens with one attached hydrogen (secondary N) is 1. The van der Waals surface area contributed by atoms with E-state index in [0.29, 0.717) is 19.4 Å². The minimum atomic E-state index is -0.691. The molecule has 1 N–H and O–H groups in total. The van der Waals surface area contributed by atoms with Crippen LogP contribution in [0.25, 0.3) is 10.9 Å². The maximum atomic E-state index is 12.1. The van der Waals surface area contributed by atoms with Crippen molar-refractivity contribution in [1.29, 1.82) is 5.26 Å². The molecule has 3 rings (SSSR count). The monoisotopic (exact) mass is 346 g/mol. The molecule has 4 nitrogen and oxygen atoms in total. The highest BCUT2D eigenvalue weighted by Crippen LogP contribution is 2.29. The molecular formula is C22H22N2O2. The number of hydrogen-bond acceptors (Lipinski definition) is 3. The first-order valence-electron chi connectivity index (χ1n) is 8.81. The Morgan fingerprint density at radius 3 is 2.62 bits per heavy atom. The van der Waals surface area contributed by atoms with Crippen LogP contribution in [0.1, 0.15) is 31.4 Å². The van der Waals surface area contributed by atoms with Crippen molar-refractivity contribution in [1.82, 2.24) is 4.98 Å². The van der Waals surface area contributed by atoms with E-state index in [1.165, 1.54) is 0 Å². The van der Waals surface area contributed by atoms with Gasteiger partial charge in [0.1, 0.15) is 5.75 Å². The third-order valence-electron chi connectivity index (χ3n) is 4.80. The molecule has 0 aliphatic rings. The van der Waals surface area contributed by atoms with Gasteiger partial charge in [0.05, 0.1) is 18.1 Å². The molecule has 1 atom stereocenters. The van der Waals surface area contributed by atoms with Gasteiger partial charge in [0.25, 0.3) is 5.56 Å². The Labute approximate surface area is 153 Å². The van der Waals surface area contributed by atoms with Crippen molar-refractivity contribution in [2.75, 3.05) is 6.61 Å². The number of aromatic amines is 1. The predicted molar refractivity (Wildman–Crippen MR) is 103 cm³/mol. The molecule has 132 valence electrons. The normalized spacial score (nSPS) is 13.1. The summed E-state index contributed by atoms with van der Waals surface area (Å²) in [5.41, 5.74) is 1.65. The number of aryl methyl sites for hydroxylation is 1. The van der Waals surface area contributed by atoms with Gasteiger partial charge in [-0.25, -0.2) is 0 Å². The first kappa shape index (κ1) is 17.8. The predicted octanol–water partition coefficient (Wildman–Crippen LogP) is 4.34. The number of nitrogens with zero attached hydrogens (tertiary/aromatic N) is 1. The van der Waals surface area contributed by atoms with E-state index in [-0.39, 0.29) is 5.56 Å². The lowest BCUT2D eigenvalue weighted by molar-refractivity contribution is 0.285. The summed E-state index contributed by atoms with van der Waals surface area (Å²) in [6.45, 7) is 4.31. The molecule has 0 saturated carbocycles. The van der Waals surface area contributed by atoms with Gasteiger partial charge in [0.2, 0.25) is 0 Å². The number of fused-ring (bicyclic) bond motifs is 1. The van der Waals surface area contributed by atoms with Crippen molar-refractivity contribution in [3.8, 4) is 11.8 Å². The Kier molecular flexibility index (Phi) is 5.09. The van der Waals surface area contributed by atoms with Crippen molar-refractivity contribution >= 4 is 10.9 Å². The number of aromatic nitrogens is 1. The first-order valence-corrected chi connectivity index (χ1v) is 8.81. The molecular weight excluding hydrogens is 324 g/mol. The second kappa shape index (κ2) is 7.45. The van der Waals surface area contributed by atoms with E-state index >= 15 is 0 Å². The van der Waals surface area contributed by atoms with Gasteiger partial charge in [-0.15, -0.1) is 0 Å². The Bertz CT molecular complexity index is 1000. The lowest BCUT2D eigenvalue weighted by atomic mass is 9.81. The third-order valence-corrected chi connectivity index (χ3v) is 4.80. The molecule has 0 radical (unpaired) electrons. The highest BCUT2D eigenvalue weighted by atomic mass is 16.5. The Balaban J connectivity index is 1.84. The number of rotatable bonds is 6. The number of benzene rings is 2. The number of H-pyrrole nitrogens is 1. The zero-order valence-electron chi connectivity index (χ0n) is 15.1. The van der Waals surface area contributed by atoms with Crippen LogP contribution in [-0.2, 0) is 11.8 Å². The molecule has 0 bridgehead atoms. The summed E-state index contributed by atoms with van der Waals surface area (Å²) in [6.07, 6.45) is 1.25. The van der Waals surface area contributed by atoms with Crippen molar-refractivity contribution in [3.05, 3.63) is 76.1 Å². The zero-order valence-corrected chi connectivity index (χ0v) is 15.1. The van der Waals surface area contributed by atoms with Crippen molar-refractivity contribution in [2.24, 2.45) is 0 Å². The van der Waals surface area contributed by atoms with Crippen LogP contribution in [0.2, 0.25) is 0 Å². The molecule has 0 amide bonds. The van der Waals surface area contributed by atoms with E-state index in [4.69, 9.17) is 4.74 Å². The van der Waals surface area contributed by atoms with E-state index in [0.717, 1.165) is 27.8 Å². The average molecular weight is 346 g/mol. The summed E-state index contributed by atoms with van der Waals surface area (Å²) in [5.74, 6) is 0.794. The summed E-state index contributed by atoms with van der Waals surface area (Å²) in [5, 5.41) is 10.7. The van der Waals surface area contributed by atoms with Gasteiger partial charge < -0.3 is 9.72 Å². The molecule has 2 aromatic carbocycles. The van der Waals surface area contributed by atoms with Crippen LogP contribution in [0.15, 0.2) is 59.4 Å². The quantitative estimate of drug-likeness (QED) is 0.722. The molecule has 3 aromatic rings. The summed E-state index contributed by atoms with van der Waals surface area (Å²) < 4.78 is 5.75. The SMILES string of the molecule is CCc1cc2ccc(C(C)(C#N)CCOc3ccccc3)cc2[nH]c1=O. The smallest absolute Gasteiger partial charge is 0.251 e. The minimum Gasteiger partial charge on any atom is -0.494 e. The van der Waals surface area contributed by atoms with E-state index in [1.54, 1.807) is 0 Å². The summed E-state index contributed by atoms with van der Waals surface area (Å²) >= 11 is 0. The van der Waals surface area contributed by atoms with Crippen LogP contribution in [-0.4, -0.2) is 11.6 Å². The fraction of sp³-hybridized carbons (Fsp3) is 0.273. The Morgan fingerprint density at radius 1 is 1.15 bits per heavy atom. The molecule has 0 spiro atoms. The fourth-order valence-corrected chi connectivity index (χ4v) is 3.01. The second-order valence-corrected chi connectivity index (χ2v) is 6.63. The molecule has 4 heteroatoms. The summed E-state index contributed by atoms with van der Waals surface area (Å²) in [7, 11) is 0. The van der Waals surface area contributed by atoms with Crippen LogP contribution in [0.5, 0.6) is 5.75 Å². The van der Waals surface area contributed by atoms with Crippen LogP contribution in [0.3, 0.4) is 0 Å². The van der Waals surface area contributed by atoms with Gasteiger partial charge in [0.15, 0.2) is 0 Å². The zero-order chi connectivity index (χ0) is 18.6. The molecule has 0 aliphatic heterocycles. The average Bonchev–Trinajstić information content (AvgIpc) is 2.67. The molecule has 0 fully saturated rings. The fourth-order valence-electron chi connectivity index (χ4n) is 3.01. The molecule has 1 aromatic heterocycles. The van der Waals surface area contributed by atoms with Crippen LogP contribution < -0.4 is 10.3 Å². The number of ether oxygens (including phenoxy) is 1. The van der Waals surface area contributed by atoms with Gasteiger partial charge in [-0.05, 0) is 48.6 Å². The van der Waals surface area contributed by atoms with Gasteiger partial charge >= 0.3 is 0 Å². The van der Waals surface area contributed by atoms with E-state index in [9.17, 15) is 10.1 Å². The summed E-state index contributed by atoms with van der Waals surface area (Å²) in [6, 6.07) is 19.7. The largest absolute Gasteiger partial charge is 0.494 e. The highest BCUT2D eigenvalue weighted by Gasteiger charge is 2.27. The summed E-state index contributed by atoms with van der Waals surface area (Å²) in [4.78, 5) is 15.0. The number of pyridine rings is 1. The maximum Gasteiger partial charge on any atom is 0.251 e. The molecule has 1 unspecified atom stereocenters. The molecule has 26 heavy (non-hydrogen) atoms. The Morgan fingerprint density at radius 2 is 1.92 bits per heavy atom. The van der Waals surface area contributed by atoms with Crippen molar-refractivity contribution in [2.45, 2.75) is 32.1 Å². The van der Waals surface area contributed by atoms with Crippen molar-refractivity contribution in [3.63, 3.8) is 0 Å². The second-order valence-electron chi connectivity index (χ2n) is 6.63. The van der Waals surface area contributed by atoms with Gasteiger partial charge in [-0.1, -0.05) is 37.3 Å². The van der Waals surface area contributed by atoms with Gasteiger partial charge in [-0.2, -0.15) is 5.26 Å².